The van der Waals surface area contributed by atoms with Gasteiger partial charge in [-0.2, -0.15) is 0 Å². The normalized spacial score (nSPS) is 12.3. The molecule has 0 fully saturated rings. The molecule has 0 atom stereocenters. The summed E-state index contributed by atoms with van der Waals surface area (Å²) in [5, 5.41) is -0.326. The van der Waals surface area contributed by atoms with Crippen molar-refractivity contribution in [2.45, 2.75) is 18.1 Å². The van der Waals surface area contributed by atoms with Crippen molar-refractivity contribution < 1.29 is 17.2 Å². The van der Waals surface area contributed by atoms with Crippen molar-refractivity contribution in [1.82, 2.24) is 9.55 Å². The first-order valence-corrected chi connectivity index (χ1v) is 5.29. The molecule has 1 aromatic rings. The number of aromatic nitrogens is 2. The third kappa shape index (κ3) is 2.48. The molecule has 1 heterocycles. The first-order valence-electron chi connectivity index (χ1n) is 3.40. The highest BCUT2D eigenvalue weighted by Gasteiger charge is 2.16. The highest BCUT2D eigenvalue weighted by molar-refractivity contribution is 7.90. The third-order valence-electron chi connectivity index (χ3n) is 1.34. The number of halogens is 2. The molecule has 0 aliphatic heterocycles. The Morgan fingerprint density at radius 1 is 1.62 bits per heavy atom. The van der Waals surface area contributed by atoms with Crippen LogP contribution in [0.4, 0.5) is 8.78 Å². The van der Waals surface area contributed by atoms with Gasteiger partial charge in [0.15, 0.2) is 0 Å². The van der Waals surface area contributed by atoms with Crippen LogP contribution >= 0.6 is 0 Å². The van der Waals surface area contributed by atoms with Gasteiger partial charge >= 0.3 is 0 Å². The molecule has 0 amide bonds. The molecule has 0 aliphatic rings. The number of hydrogen-bond donors (Lipinski definition) is 0. The van der Waals surface area contributed by atoms with Gasteiger partial charge in [0.1, 0.15) is 0 Å². The fraction of sp³-hybridized carbons (Fsp3) is 0.500. The minimum atomic E-state index is -3.52. The maximum absolute atomic E-state index is 11.9. The topological polar surface area (TPSA) is 52.0 Å². The second-order valence-corrected chi connectivity index (χ2v) is 4.43. The molecule has 1 aromatic heterocycles. The number of imidazole rings is 1. The summed E-state index contributed by atoms with van der Waals surface area (Å²) in [7, 11) is -3.52. The van der Waals surface area contributed by atoms with Crippen molar-refractivity contribution in [3.05, 3.63) is 12.4 Å². The Morgan fingerprint density at radius 2 is 2.23 bits per heavy atom. The number of rotatable bonds is 3. The minimum absolute atomic E-state index is 0.326. The summed E-state index contributed by atoms with van der Waals surface area (Å²) < 4.78 is 46.7. The fourth-order valence-corrected chi connectivity index (χ4v) is 1.73. The molecule has 0 radical (unpaired) electrons. The fourth-order valence-electron chi connectivity index (χ4n) is 0.912. The molecular weight excluding hydrogens is 202 g/mol. The van der Waals surface area contributed by atoms with Gasteiger partial charge in [0.2, 0.25) is 15.0 Å². The van der Waals surface area contributed by atoms with Gasteiger partial charge in [-0.15, -0.1) is 0 Å². The Kier molecular flexibility index (Phi) is 2.65. The van der Waals surface area contributed by atoms with Crippen LogP contribution in [0, 0.1) is 0 Å². The van der Waals surface area contributed by atoms with Crippen LogP contribution in [-0.4, -0.2) is 30.7 Å². The quantitative estimate of drug-likeness (QED) is 0.732. The molecule has 0 N–H and O–H groups in total. The van der Waals surface area contributed by atoms with Gasteiger partial charge in [0.05, 0.1) is 6.54 Å². The first-order chi connectivity index (χ1) is 5.91. The lowest BCUT2D eigenvalue weighted by molar-refractivity contribution is 0.123. The van der Waals surface area contributed by atoms with Gasteiger partial charge in [0.25, 0.3) is 6.43 Å². The minimum Gasteiger partial charge on any atom is -0.316 e. The van der Waals surface area contributed by atoms with Crippen molar-refractivity contribution in [2.75, 3.05) is 6.26 Å². The van der Waals surface area contributed by atoms with E-state index in [1.54, 1.807) is 0 Å². The second kappa shape index (κ2) is 3.41. The standard InChI is InChI=1S/C6H8F2N2O2S/c1-13(11,12)6-9-2-3-10(6)4-5(7)8/h2-3,5H,4H2,1H3. The van der Waals surface area contributed by atoms with E-state index >= 15 is 0 Å². The molecular formula is C6H8F2N2O2S. The van der Waals surface area contributed by atoms with Gasteiger partial charge in [0, 0.05) is 18.6 Å². The smallest absolute Gasteiger partial charge is 0.256 e. The lowest BCUT2D eigenvalue weighted by Gasteiger charge is -2.04. The van der Waals surface area contributed by atoms with Crippen molar-refractivity contribution >= 4 is 9.84 Å². The number of nitrogens with zero attached hydrogens (tertiary/aromatic N) is 2. The number of alkyl halides is 2. The third-order valence-corrected chi connectivity index (χ3v) is 2.35. The van der Waals surface area contributed by atoms with Crippen LogP contribution in [0.2, 0.25) is 0 Å². The Hall–Kier alpha value is -0.980. The maximum Gasteiger partial charge on any atom is 0.256 e. The molecule has 0 aliphatic carbocycles. The molecule has 4 nitrogen and oxygen atoms in total. The molecule has 0 aromatic carbocycles. The molecule has 0 saturated carbocycles. The Bertz CT molecular complexity index is 385. The molecule has 0 saturated heterocycles. The Morgan fingerprint density at radius 3 is 2.69 bits per heavy atom. The predicted octanol–water partition coefficient (Wildman–Crippen LogP) is 0.552. The van der Waals surface area contributed by atoms with E-state index in [-0.39, 0.29) is 5.16 Å². The van der Waals surface area contributed by atoms with Gasteiger partial charge in [-0.1, -0.05) is 0 Å². The summed E-state index contributed by atoms with van der Waals surface area (Å²) in [6.07, 6.45) is 0.730. The van der Waals surface area contributed by atoms with E-state index in [1.165, 1.54) is 12.4 Å². The molecule has 74 valence electrons. The first kappa shape index (κ1) is 10.1. The summed E-state index contributed by atoms with van der Waals surface area (Å²) in [4.78, 5) is 3.48. The zero-order valence-corrected chi connectivity index (χ0v) is 7.63. The molecule has 13 heavy (non-hydrogen) atoms. The molecule has 7 heteroatoms. The summed E-state index contributed by atoms with van der Waals surface area (Å²) in [5.41, 5.74) is 0. The van der Waals surface area contributed by atoms with Crippen LogP contribution in [0.15, 0.2) is 17.6 Å². The van der Waals surface area contributed by atoms with E-state index in [1.807, 2.05) is 0 Å². The van der Waals surface area contributed by atoms with Crippen molar-refractivity contribution in [2.24, 2.45) is 0 Å². The van der Waals surface area contributed by atoms with Crippen molar-refractivity contribution in [3.63, 3.8) is 0 Å². The maximum atomic E-state index is 11.9. The van der Waals surface area contributed by atoms with Crippen LogP contribution in [0.1, 0.15) is 0 Å². The van der Waals surface area contributed by atoms with E-state index in [0.717, 1.165) is 10.8 Å². The molecule has 0 unspecified atom stereocenters. The van der Waals surface area contributed by atoms with Crippen molar-refractivity contribution in [3.8, 4) is 0 Å². The van der Waals surface area contributed by atoms with Crippen molar-refractivity contribution in [1.29, 1.82) is 0 Å². The Balaban J connectivity index is 3.04. The highest BCUT2D eigenvalue weighted by Crippen LogP contribution is 2.08. The van der Waals surface area contributed by atoms with Crippen LogP contribution in [0.3, 0.4) is 0 Å². The summed E-state index contributed by atoms with van der Waals surface area (Å²) >= 11 is 0. The van der Waals surface area contributed by atoms with Gasteiger partial charge in [-0.05, 0) is 0 Å². The molecule has 1 rings (SSSR count). The van der Waals surface area contributed by atoms with Crippen LogP contribution in [0.5, 0.6) is 0 Å². The van der Waals surface area contributed by atoms with Crippen LogP contribution in [-0.2, 0) is 16.4 Å². The van der Waals surface area contributed by atoms with E-state index in [9.17, 15) is 17.2 Å². The summed E-state index contributed by atoms with van der Waals surface area (Å²) in [5.74, 6) is 0. The summed E-state index contributed by atoms with van der Waals surface area (Å²) in [6.45, 7) is -0.650. The van der Waals surface area contributed by atoms with E-state index in [0.29, 0.717) is 0 Å². The average molecular weight is 210 g/mol. The Labute approximate surface area is 74.1 Å². The SMILES string of the molecule is CS(=O)(=O)c1nccn1CC(F)F. The number of hydrogen-bond acceptors (Lipinski definition) is 3. The van der Waals surface area contributed by atoms with E-state index < -0.39 is 22.8 Å². The largest absolute Gasteiger partial charge is 0.316 e. The van der Waals surface area contributed by atoms with Crippen LogP contribution < -0.4 is 0 Å². The second-order valence-electron chi connectivity index (χ2n) is 2.53. The van der Waals surface area contributed by atoms with Gasteiger partial charge < -0.3 is 4.57 Å². The number of sulfone groups is 1. The van der Waals surface area contributed by atoms with Gasteiger partial charge in [-0.3, -0.25) is 0 Å². The van der Waals surface area contributed by atoms with Crippen LogP contribution in [0.25, 0.3) is 0 Å². The van der Waals surface area contributed by atoms with E-state index in [4.69, 9.17) is 0 Å². The van der Waals surface area contributed by atoms with Gasteiger partial charge in [-0.25, -0.2) is 22.2 Å². The lowest BCUT2D eigenvalue weighted by Crippen LogP contribution is -2.13. The zero-order valence-electron chi connectivity index (χ0n) is 6.81. The molecule has 0 spiro atoms. The monoisotopic (exact) mass is 210 g/mol. The average Bonchev–Trinajstić information content (AvgIpc) is 2.31. The highest BCUT2D eigenvalue weighted by atomic mass is 32.2. The predicted molar refractivity (Wildman–Crippen MR) is 41.3 cm³/mol. The zero-order chi connectivity index (χ0) is 10.1. The summed E-state index contributed by atoms with van der Waals surface area (Å²) in [6, 6.07) is 0. The molecule has 0 bridgehead atoms. The van der Waals surface area contributed by atoms with E-state index in [2.05, 4.69) is 4.98 Å². The lowest BCUT2D eigenvalue weighted by atomic mass is 10.6.